The molecule has 0 saturated carbocycles. The minimum Gasteiger partial charge on any atom is -0.382 e. The molecule has 0 saturated heterocycles. The van der Waals surface area contributed by atoms with Crippen molar-refractivity contribution < 1.29 is 4.79 Å². The van der Waals surface area contributed by atoms with Gasteiger partial charge in [-0.2, -0.15) is 0 Å². The first-order valence-electron chi connectivity index (χ1n) is 2.90. The van der Waals surface area contributed by atoms with Crippen molar-refractivity contribution in [2.24, 2.45) is 0 Å². The van der Waals surface area contributed by atoms with E-state index in [4.69, 9.17) is 5.73 Å². The highest BCUT2D eigenvalue weighted by atomic mass is 32.2. The molecule has 1 aromatic rings. The Kier molecular flexibility index (Phi) is 2.43. The summed E-state index contributed by atoms with van der Waals surface area (Å²) >= 11 is 1.07. The molecular weight excluding hydrogens is 162 g/mol. The summed E-state index contributed by atoms with van der Waals surface area (Å²) in [6.45, 7) is 0. The van der Waals surface area contributed by atoms with Crippen LogP contribution < -0.4 is 5.73 Å². The molecular formula is C6H7N3OS. The van der Waals surface area contributed by atoms with Gasteiger partial charge in [-0.25, -0.2) is 9.97 Å². The van der Waals surface area contributed by atoms with Crippen LogP contribution in [0.4, 0.5) is 5.82 Å². The van der Waals surface area contributed by atoms with Crippen LogP contribution in [0.25, 0.3) is 0 Å². The number of rotatable bonds is 1. The Hall–Kier alpha value is -1.10. The largest absolute Gasteiger partial charge is 0.382 e. The van der Waals surface area contributed by atoms with Gasteiger partial charge in [-0.1, -0.05) is 11.8 Å². The summed E-state index contributed by atoms with van der Waals surface area (Å²) in [4.78, 5) is 18.5. The number of nitrogens with two attached hydrogens (primary N) is 1. The Labute approximate surface area is 68.2 Å². The smallest absolute Gasteiger partial charge is 0.241 e. The molecule has 4 nitrogen and oxygen atoms in total. The molecule has 5 heteroatoms. The van der Waals surface area contributed by atoms with E-state index in [1.165, 1.54) is 12.4 Å². The number of carbonyl (C=O) groups is 1. The summed E-state index contributed by atoms with van der Waals surface area (Å²) < 4.78 is 0. The number of thioether (sulfide) groups is 1. The van der Waals surface area contributed by atoms with E-state index in [1.807, 2.05) is 0 Å². The molecule has 0 bridgehead atoms. The minimum absolute atomic E-state index is 0.157. The standard InChI is InChI=1S/C6H7N3OS/c1-11-6(10)4-5(7)9-3-2-8-4/h2-3H,1H3,(H2,7,9). The van der Waals surface area contributed by atoms with Gasteiger partial charge in [-0.3, -0.25) is 4.79 Å². The lowest BCUT2D eigenvalue weighted by Crippen LogP contribution is -2.04. The SMILES string of the molecule is CSC(=O)c1nccnc1N. The van der Waals surface area contributed by atoms with Gasteiger partial charge in [0.15, 0.2) is 11.5 Å². The first-order chi connectivity index (χ1) is 5.25. The lowest BCUT2D eigenvalue weighted by atomic mass is 10.4. The average Bonchev–Trinajstić information content (AvgIpc) is 2.04. The third-order valence-corrected chi connectivity index (χ3v) is 1.67. The Morgan fingerprint density at radius 1 is 1.55 bits per heavy atom. The fourth-order valence-corrected chi connectivity index (χ4v) is 0.953. The van der Waals surface area contributed by atoms with E-state index in [0.29, 0.717) is 0 Å². The number of nitrogen functional groups attached to an aromatic ring is 1. The number of carbonyl (C=O) groups excluding carboxylic acids is 1. The van der Waals surface area contributed by atoms with E-state index in [0.717, 1.165) is 11.8 Å². The minimum atomic E-state index is -0.157. The summed E-state index contributed by atoms with van der Waals surface area (Å²) in [5.41, 5.74) is 5.63. The summed E-state index contributed by atoms with van der Waals surface area (Å²) in [7, 11) is 0. The van der Waals surface area contributed by atoms with Gasteiger partial charge in [-0.15, -0.1) is 0 Å². The fourth-order valence-electron chi connectivity index (χ4n) is 0.603. The van der Waals surface area contributed by atoms with Gasteiger partial charge < -0.3 is 5.73 Å². The van der Waals surface area contributed by atoms with Crippen molar-refractivity contribution in [1.82, 2.24) is 9.97 Å². The second-order valence-electron chi connectivity index (χ2n) is 1.78. The van der Waals surface area contributed by atoms with E-state index in [9.17, 15) is 4.79 Å². The Morgan fingerprint density at radius 2 is 2.18 bits per heavy atom. The van der Waals surface area contributed by atoms with Crippen LogP contribution in [0.1, 0.15) is 10.5 Å². The molecule has 0 aliphatic carbocycles. The maximum Gasteiger partial charge on any atom is 0.241 e. The van der Waals surface area contributed by atoms with Crippen molar-refractivity contribution in [3.05, 3.63) is 18.1 Å². The van der Waals surface area contributed by atoms with Crippen LogP contribution in [0, 0.1) is 0 Å². The number of aromatic nitrogens is 2. The van der Waals surface area contributed by atoms with Gasteiger partial charge in [0, 0.05) is 12.4 Å². The molecule has 0 aromatic carbocycles. The van der Waals surface area contributed by atoms with E-state index >= 15 is 0 Å². The molecule has 1 aromatic heterocycles. The second kappa shape index (κ2) is 3.34. The quantitative estimate of drug-likeness (QED) is 0.665. The highest BCUT2D eigenvalue weighted by Gasteiger charge is 2.09. The normalized spacial score (nSPS) is 9.55. The van der Waals surface area contributed by atoms with Crippen molar-refractivity contribution in [3.8, 4) is 0 Å². The predicted octanol–water partition coefficient (Wildman–Crippen LogP) is 0.562. The third kappa shape index (κ3) is 1.68. The van der Waals surface area contributed by atoms with Crippen LogP contribution in [-0.4, -0.2) is 21.3 Å². The molecule has 0 amide bonds. The summed E-state index contributed by atoms with van der Waals surface area (Å²) in [5.74, 6) is 0.187. The van der Waals surface area contributed by atoms with Crippen LogP contribution in [0.5, 0.6) is 0 Å². The van der Waals surface area contributed by atoms with Crippen molar-refractivity contribution >= 4 is 22.7 Å². The molecule has 58 valence electrons. The highest BCUT2D eigenvalue weighted by Crippen LogP contribution is 2.10. The van der Waals surface area contributed by atoms with Crippen LogP contribution >= 0.6 is 11.8 Å². The van der Waals surface area contributed by atoms with Gasteiger partial charge >= 0.3 is 0 Å². The first kappa shape index (κ1) is 8.00. The lowest BCUT2D eigenvalue weighted by molar-refractivity contribution is 0.108. The molecule has 0 unspecified atom stereocenters. The van der Waals surface area contributed by atoms with Crippen LogP contribution in [-0.2, 0) is 0 Å². The molecule has 0 aliphatic heterocycles. The number of hydrogen-bond acceptors (Lipinski definition) is 5. The zero-order valence-corrected chi connectivity index (χ0v) is 6.76. The molecule has 0 fully saturated rings. The molecule has 0 aliphatic rings. The van der Waals surface area contributed by atoms with Crippen LogP contribution in [0.2, 0.25) is 0 Å². The van der Waals surface area contributed by atoms with Gasteiger partial charge in [0.05, 0.1) is 0 Å². The van der Waals surface area contributed by atoms with E-state index in [2.05, 4.69) is 9.97 Å². The Bertz CT molecular complexity index is 276. The molecule has 0 radical (unpaired) electrons. The van der Waals surface area contributed by atoms with E-state index in [1.54, 1.807) is 6.26 Å². The van der Waals surface area contributed by atoms with Crippen molar-refractivity contribution in [1.29, 1.82) is 0 Å². The van der Waals surface area contributed by atoms with Crippen molar-refractivity contribution in [3.63, 3.8) is 0 Å². The molecule has 11 heavy (non-hydrogen) atoms. The zero-order chi connectivity index (χ0) is 8.27. The summed E-state index contributed by atoms with van der Waals surface area (Å²) in [5, 5.41) is -0.157. The lowest BCUT2D eigenvalue weighted by Gasteiger charge is -1.97. The number of hydrogen-bond donors (Lipinski definition) is 1. The Balaban J connectivity index is 3.03. The predicted molar refractivity (Wildman–Crippen MR) is 44.3 cm³/mol. The van der Waals surface area contributed by atoms with Gasteiger partial charge in [0.1, 0.15) is 0 Å². The third-order valence-electron chi connectivity index (χ3n) is 1.11. The Morgan fingerprint density at radius 3 is 2.73 bits per heavy atom. The van der Waals surface area contributed by atoms with Gasteiger partial charge in [-0.05, 0) is 6.26 Å². The van der Waals surface area contributed by atoms with Gasteiger partial charge in [0.25, 0.3) is 0 Å². The number of nitrogens with zero attached hydrogens (tertiary/aromatic N) is 2. The van der Waals surface area contributed by atoms with Crippen molar-refractivity contribution in [2.45, 2.75) is 0 Å². The number of anilines is 1. The highest BCUT2D eigenvalue weighted by molar-refractivity contribution is 8.13. The molecule has 0 atom stereocenters. The van der Waals surface area contributed by atoms with Crippen molar-refractivity contribution in [2.75, 3.05) is 12.0 Å². The molecule has 0 spiro atoms. The first-order valence-corrected chi connectivity index (χ1v) is 4.13. The van der Waals surface area contributed by atoms with Crippen LogP contribution in [0.15, 0.2) is 12.4 Å². The van der Waals surface area contributed by atoms with E-state index < -0.39 is 0 Å². The van der Waals surface area contributed by atoms with E-state index in [-0.39, 0.29) is 16.6 Å². The summed E-state index contributed by atoms with van der Waals surface area (Å²) in [6, 6.07) is 0. The second-order valence-corrected chi connectivity index (χ2v) is 2.56. The average molecular weight is 169 g/mol. The monoisotopic (exact) mass is 169 g/mol. The molecule has 1 heterocycles. The maximum atomic E-state index is 11.0. The fraction of sp³-hybridized carbons (Fsp3) is 0.167. The molecule has 1 rings (SSSR count). The van der Waals surface area contributed by atoms with Crippen LogP contribution in [0.3, 0.4) is 0 Å². The molecule has 2 N–H and O–H groups in total. The topological polar surface area (TPSA) is 68.9 Å². The maximum absolute atomic E-state index is 11.0. The summed E-state index contributed by atoms with van der Waals surface area (Å²) in [6.07, 6.45) is 4.57. The zero-order valence-electron chi connectivity index (χ0n) is 5.94. The van der Waals surface area contributed by atoms with Gasteiger partial charge in [0.2, 0.25) is 5.12 Å².